The minimum absolute atomic E-state index is 0.384. The van der Waals surface area contributed by atoms with Crippen LogP contribution < -0.4 is 5.32 Å². The average molecular weight is 180 g/mol. The number of hydrogen-bond donors (Lipinski definition) is 1. The first kappa shape index (κ1) is 10.2. The topological polar surface area (TPSA) is 45.0 Å². The van der Waals surface area contributed by atoms with E-state index in [1.807, 2.05) is 0 Å². The normalized spacial score (nSPS) is 28.8. The molecule has 72 valence electrons. The van der Waals surface area contributed by atoms with E-state index in [-0.39, 0.29) is 5.54 Å². The van der Waals surface area contributed by atoms with Crippen molar-refractivity contribution in [1.82, 2.24) is 5.32 Å². The fraction of sp³-hybridized carbons (Fsp3) is 0.700. The third-order valence-electron chi connectivity index (χ3n) is 2.36. The van der Waals surface area contributed by atoms with E-state index in [1.165, 1.54) is 0 Å². The van der Waals surface area contributed by atoms with Gasteiger partial charge in [-0.25, -0.2) is 0 Å². The predicted octanol–water partition coefficient (Wildman–Crippen LogP) is 1.22. The van der Waals surface area contributed by atoms with Gasteiger partial charge in [0.2, 0.25) is 0 Å². The van der Waals surface area contributed by atoms with Gasteiger partial charge >= 0.3 is 0 Å². The summed E-state index contributed by atoms with van der Waals surface area (Å²) in [6.45, 7) is 5.77. The third kappa shape index (κ3) is 2.83. The monoisotopic (exact) mass is 180 g/mol. The Balaban J connectivity index is 2.55. The van der Waals surface area contributed by atoms with Crippen LogP contribution in [0, 0.1) is 11.3 Å². The molecule has 0 spiro atoms. The van der Waals surface area contributed by atoms with Crippen LogP contribution in [0.15, 0.2) is 12.7 Å². The van der Waals surface area contributed by atoms with E-state index in [9.17, 15) is 0 Å². The Kier molecular flexibility index (Phi) is 3.94. The number of hydrogen-bond acceptors (Lipinski definition) is 3. The van der Waals surface area contributed by atoms with Gasteiger partial charge in [-0.2, -0.15) is 5.26 Å². The molecule has 13 heavy (non-hydrogen) atoms. The van der Waals surface area contributed by atoms with Crippen molar-refractivity contribution in [3.63, 3.8) is 0 Å². The summed E-state index contributed by atoms with van der Waals surface area (Å²) in [6, 6.07) is 2.35. The number of rotatable bonds is 3. The van der Waals surface area contributed by atoms with Gasteiger partial charge in [0.25, 0.3) is 0 Å². The van der Waals surface area contributed by atoms with Gasteiger partial charge in [0.15, 0.2) is 0 Å². The van der Waals surface area contributed by atoms with Crippen molar-refractivity contribution in [2.75, 3.05) is 19.8 Å². The fourth-order valence-electron chi connectivity index (χ4n) is 1.55. The number of nitriles is 1. The lowest BCUT2D eigenvalue weighted by Crippen LogP contribution is -2.44. The minimum Gasteiger partial charge on any atom is -0.381 e. The number of nitrogens with one attached hydrogen (secondary N) is 1. The summed E-state index contributed by atoms with van der Waals surface area (Å²) >= 11 is 0. The van der Waals surface area contributed by atoms with Crippen LogP contribution in [-0.4, -0.2) is 25.3 Å². The lowest BCUT2D eigenvalue weighted by Gasteiger charge is -2.24. The van der Waals surface area contributed by atoms with Crippen molar-refractivity contribution in [3.8, 4) is 6.07 Å². The van der Waals surface area contributed by atoms with E-state index in [0.29, 0.717) is 13.2 Å². The molecule has 3 nitrogen and oxygen atoms in total. The summed E-state index contributed by atoms with van der Waals surface area (Å²) < 4.78 is 5.31. The van der Waals surface area contributed by atoms with Crippen LogP contribution in [0.25, 0.3) is 0 Å². The highest BCUT2D eigenvalue weighted by atomic mass is 16.5. The average Bonchev–Trinajstić information content (AvgIpc) is 2.41. The first-order valence-electron chi connectivity index (χ1n) is 4.68. The highest BCUT2D eigenvalue weighted by Gasteiger charge is 2.29. The molecule has 1 unspecified atom stereocenters. The summed E-state index contributed by atoms with van der Waals surface area (Å²) in [7, 11) is 0. The van der Waals surface area contributed by atoms with Crippen LogP contribution in [0.2, 0.25) is 0 Å². The molecule has 0 saturated carbocycles. The predicted molar refractivity (Wildman–Crippen MR) is 51.2 cm³/mol. The standard InChI is InChI=1S/C10H16N2O/c1-2-6-12-10(9-11)4-3-7-13-8-5-10/h2,12H,1,3-8H2. The molecule has 0 radical (unpaired) electrons. The molecule has 1 aliphatic heterocycles. The molecule has 1 saturated heterocycles. The van der Waals surface area contributed by atoms with Crippen molar-refractivity contribution >= 4 is 0 Å². The van der Waals surface area contributed by atoms with Crippen molar-refractivity contribution in [2.45, 2.75) is 24.8 Å². The van der Waals surface area contributed by atoms with E-state index in [2.05, 4.69) is 18.0 Å². The van der Waals surface area contributed by atoms with Crippen LogP contribution in [0.4, 0.5) is 0 Å². The molecule has 0 aliphatic carbocycles. The van der Waals surface area contributed by atoms with Crippen LogP contribution in [0.1, 0.15) is 19.3 Å². The molecule has 0 aromatic carbocycles. The second kappa shape index (κ2) is 5.00. The van der Waals surface area contributed by atoms with Gasteiger partial charge in [-0.05, 0) is 12.8 Å². The Hall–Kier alpha value is -0.850. The Bertz CT molecular complexity index is 199. The largest absolute Gasteiger partial charge is 0.381 e. The molecular weight excluding hydrogens is 164 g/mol. The maximum atomic E-state index is 9.09. The van der Waals surface area contributed by atoms with Gasteiger partial charge in [0.1, 0.15) is 5.54 Å². The molecule has 0 aromatic heterocycles. The molecule has 0 bridgehead atoms. The molecule has 1 rings (SSSR count). The summed E-state index contributed by atoms with van der Waals surface area (Å²) in [5.74, 6) is 0. The van der Waals surface area contributed by atoms with Crippen LogP contribution in [0.5, 0.6) is 0 Å². The Morgan fingerprint density at radius 1 is 1.54 bits per heavy atom. The second-order valence-electron chi connectivity index (χ2n) is 3.33. The summed E-state index contributed by atoms with van der Waals surface area (Å²) in [6.07, 6.45) is 4.39. The maximum Gasteiger partial charge on any atom is 0.109 e. The second-order valence-corrected chi connectivity index (χ2v) is 3.33. The van der Waals surface area contributed by atoms with Gasteiger partial charge in [-0.3, -0.25) is 5.32 Å². The van der Waals surface area contributed by atoms with Gasteiger partial charge in [0, 0.05) is 26.2 Å². The van der Waals surface area contributed by atoms with Crippen molar-refractivity contribution in [1.29, 1.82) is 5.26 Å². The number of ether oxygens (including phenoxy) is 1. The van der Waals surface area contributed by atoms with Gasteiger partial charge < -0.3 is 4.74 Å². The zero-order chi connectivity index (χ0) is 9.57. The first-order valence-corrected chi connectivity index (χ1v) is 4.68. The Morgan fingerprint density at radius 3 is 3.08 bits per heavy atom. The first-order chi connectivity index (χ1) is 6.33. The van der Waals surface area contributed by atoms with Crippen molar-refractivity contribution < 1.29 is 4.74 Å². The molecule has 1 fully saturated rings. The number of nitrogens with zero attached hydrogens (tertiary/aromatic N) is 1. The fourth-order valence-corrected chi connectivity index (χ4v) is 1.55. The molecule has 0 aromatic rings. The zero-order valence-electron chi connectivity index (χ0n) is 7.88. The van der Waals surface area contributed by atoms with Gasteiger partial charge in [-0.1, -0.05) is 6.08 Å². The van der Waals surface area contributed by atoms with E-state index < -0.39 is 0 Å². The summed E-state index contributed by atoms with van der Waals surface area (Å²) in [5.41, 5.74) is -0.384. The van der Waals surface area contributed by atoms with Gasteiger partial charge in [0.05, 0.1) is 6.07 Å². The molecule has 1 N–H and O–H groups in total. The van der Waals surface area contributed by atoms with Crippen molar-refractivity contribution in [3.05, 3.63) is 12.7 Å². The molecular formula is C10H16N2O. The van der Waals surface area contributed by atoms with Crippen molar-refractivity contribution in [2.24, 2.45) is 0 Å². The van der Waals surface area contributed by atoms with Crippen LogP contribution >= 0.6 is 0 Å². The SMILES string of the molecule is C=CCNC1(C#N)CCCOCC1. The molecule has 1 atom stereocenters. The van der Waals surface area contributed by atoms with Gasteiger partial charge in [-0.15, -0.1) is 6.58 Å². The van der Waals surface area contributed by atoms with E-state index in [4.69, 9.17) is 10.00 Å². The molecule has 1 aliphatic rings. The Labute approximate surface area is 79.4 Å². The summed E-state index contributed by atoms with van der Waals surface area (Å²) in [4.78, 5) is 0. The highest BCUT2D eigenvalue weighted by molar-refractivity contribution is 5.08. The van der Waals surface area contributed by atoms with Crippen LogP contribution in [-0.2, 0) is 4.74 Å². The molecule has 0 amide bonds. The lowest BCUT2D eigenvalue weighted by atomic mass is 9.92. The van der Waals surface area contributed by atoms with Crippen LogP contribution in [0.3, 0.4) is 0 Å². The van der Waals surface area contributed by atoms with E-state index >= 15 is 0 Å². The van der Waals surface area contributed by atoms with E-state index in [1.54, 1.807) is 6.08 Å². The minimum atomic E-state index is -0.384. The zero-order valence-corrected chi connectivity index (χ0v) is 7.88. The quantitative estimate of drug-likeness (QED) is 0.664. The van der Waals surface area contributed by atoms with E-state index in [0.717, 1.165) is 25.9 Å². The third-order valence-corrected chi connectivity index (χ3v) is 2.36. The Morgan fingerprint density at radius 2 is 2.38 bits per heavy atom. The smallest absolute Gasteiger partial charge is 0.109 e. The molecule has 3 heteroatoms. The highest BCUT2D eigenvalue weighted by Crippen LogP contribution is 2.20. The summed E-state index contributed by atoms with van der Waals surface area (Å²) in [5, 5.41) is 12.3. The molecule has 1 heterocycles. The maximum absolute atomic E-state index is 9.09. The lowest BCUT2D eigenvalue weighted by molar-refractivity contribution is 0.140.